The first-order chi connectivity index (χ1) is 17.6. The van der Waals surface area contributed by atoms with Gasteiger partial charge < -0.3 is 15.0 Å². The van der Waals surface area contributed by atoms with Crippen LogP contribution in [0.4, 0.5) is 0 Å². The summed E-state index contributed by atoms with van der Waals surface area (Å²) in [5.41, 5.74) is 0.311. The highest BCUT2D eigenvalue weighted by molar-refractivity contribution is 6.20. The van der Waals surface area contributed by atoms with E-state index in [4.69, 9.17) is 16.3 Å². The predicted octanol–water partition coefficient (Wildman–Crippen LogP) is 6.19. The number of hydrogen-bond donors (Lipinski definition) is 2. The molecule has 4 aliphatic rings. The maximum atomic E-state index is 13.3. The zero-order chi connectivity index (χ0) is 26.6. The van der Waals surface area contributed by atoms with Crippen LogP contribution in [-0.2, 0) is 9.53 Å². The molecule has 0 spiro atoms. The average molecular weight is 538 g/mol. The monoisotopic (exact) mass is 537 g/mol. The van der Waals surface area contributed by atoms with E-state index in [0.717, 1.165) is 50.9 Å². The van der Waals surface area contributed by atoms with Crippen molar-refractivity contribution in [3.8, 4) is 0 Å². The molecule has 2 aliphatic heterocycles. The van der Waals surface area contributed by atoms with Crippen LogP contribution in [0.2, 0.25) is 0 Å². The maximum absolute atomic E-state index is 13.3. The molecule has 37 heavy (non-hydrogen) atoms. The summed E-state index contributed by atoms with van der Waals surface area (Å²) in [5.74, 6) is 2.97. The summed E-state index contributed by atoms with van der Waals surface area (Å²) in [6.45, 7) is 15.7. The van der Waals surface area contributed by atoms with E-state index in [2.05, 4.69) is 50.2 Å². The molecule has 6 heteroatoms. The first kappa shape index (κ1) is 29.6. The molecule has 4 fully saturated rings. The first-order valence-electron chi connectivity index (χ1n) is 15.7. The molecular weight excluding hydrogens is 482 g/mol. The van der Waals surface area contributed by atoms with E-state index >= 15 is 0 Å². The molecule has 0 aromatic heterocycles. The van der Waals surface area contributed by atoms with Crippen LogP contribution in [0.5, 0.6) is 0 Å². The van der Waals surface area contributed by atoms with Gasteiger partial charge in [0.2, 0.25) is 5.91 Å². The Hall–Kier alpha value is -0.360. The fourth-order valence-corrected chi connectivity index (χ4v) is 8.12. The van der Waals surface area contributed by atoms with E-state index in [0.29, 0.717) is 28.7 Å². The summed E-state index contributed by atoms with van der Waals surface area (Å²) in [5, 5.41) is 7.41. The molecule has 2 saturated heterocycles. The smallest absolute Gasteiger partial charge is 0.224 e. The molecule has 6 atom stereocenters. The van der Waals surface area contributed by atoms with Gasteiger partial charge in [-0.1, -0.05) is 47.5 Å². The number of piperidine rings is 2. The second-order valence-corrected chi connectivity index (χ2v) is 14.7. The van der Waals surface area contributed by atoms with Crippen LogP contribution in [0, 0.1) is 35.0 Å². The minimum Gasteiger partial charge on any atom is -0.360 e. The molecule has 0 aromatic rings. The van der Waals surface area contributed by atoms with E-state index in [9.17, 15) is 4.79 Å². The molecule has 0 radical (unpaired) electrons. The number of likely N-dealkylation sites (tertiary alicyclic amines) is 1. The van der Waals surface area contributed by atoms with E-state index in [1.165, 1.54) is 57.8 Å². The molecule has 0 bridgehead atoms. The molecule has 5 unspecified atom stereocenters. The number of alkyl halides is 1. The molecule has 0 aromatic carbocycles. The summed E-state index contributed by atoms with van der Waals surface area (Å²) in [4.78, 5) is 15.9. The number of hydrogen-bond acceptors (Lipinski definition) is 4. The number of rotatable bonds is 8. The lowest BCUT2D eigenvalue weighted by molar-refractivity contribution is -0.130. The van der Waals surface area contributed by atoms with Gasteiger partial charge in [-0.15, -0.1) is 11.6 Å². The van der Waals surface area contributed by atoms with E-state index in [1.807, 2.05) is 0 Å². The van der Waals surface area contributed by atoms with Gasteiger partial charge in [-0.05, 0) is 93.4 Å². The SMILES string of the molecule is CC1CCCCC1OC1CCC(C(=O)N[C@@H](CN2CCC(C3CCC(Cl)CC3)C(C)(C)C2)C(C)C)CN1. The van der Waals surface area contributed by atoms with Crippen LogP contribution >= 0.6 is 11.6 Å². The van der Waals surface area contributed by atoms with Gasteiger partial charge in [0.15, 0.2) is 0 Å². The highest BCUT2D eigenvalue weighted by atomic mass is 35.5. The lowest BCUT2D eigenvalue weighted by Gasteiger charge is -2.49. The third kappa shape index (κ3) is 8.08. The second-order valence-electron chi connectivity index (χ2n) is 14.1. The van der Waals surface area contributed by atoms with Crippen molar-refractivity contribution < 1.29 is 9.53 Å². The second kappa shape index (κ2) is 13.3. The van der Waals surface area contributed by atoms with Gasteiger partial charge in [-0.3, -0.25) is 10.1 Å². The van der Waals surface area contributed by atoms with Crippen molar-refractivity contribution in [2.24, 2.45) is 35.0 Å². The number of ether oxygens (including phenoxy) is 1. The highest BCUT2D eigenvalue weighted by Crippen LogP contribution is 2.45. The molecule has 2 aliphatic carbocycles. The minimum absolute atomic E-state index is 0.0455. The predicted molar refractivity (Wildman–Crippen MR) is 154 cm³/mol. The zero-order valence-corrected chi connectivity index (χ0v) is 25.2. The minimum atomic E-state index is 0.0455. The van der Waals surface area contributed by atoms with Crippen LogP contribution in [-0.4, -0.2) is 60.7 Å². The lowest BCUT2D eigenvalue weighted by atomic mass is 9.64. The van der Waals surface area contributed by atoms with Crippen LogP contribution < -0.4 is 10.6 Å². The van der Waals surface area contributed by atoms with Gasteiger partial charge in [-0.2, -0.15) is 0 Å². The van der Waals surface area contributed by atoms with Gasteiger partial charge >= 0.3 is 0 Å². The van der Waals surface area contributed by atoms with Crippen LogP contribution in [0.1, 0.15) is 105 Å². The van der Waals surface area contributed by atoms with Crippen LogP contribution in [0.25, 0.3) is 0 Å². The first-order valence-corrected chi connectivity index (χ1v) is 16.1. The van der Waals surface area contributed by atoms with E-state index in [-0.39, 0.29) is 24.1 Å². The molecule has 2 saturated carbocycles. The Morgan fingerprint density at radius 3 is 2.41 bits per heavy atom. The van der Waals surface area contributed by atoms with Crippen molar-refractivity contribution in [2.45, 2.75) is 129 Å². The topological polar surface area (TPSA) is 53.6 Å². The molecule has 214 valence electrons. The average Bonchev–Trinajstić information content (AvgIpc) is 2.86. The Labute approximate surface area is 232 Å². The van der Waals surface area contributed by atoms with E-state index in [1.54, 1.807) is 0 Å². The van der Waals surface area contributed by atoms with Gasteiger partial charge in [0.1, 0.15) is 6.23 Å². The lowest BCUT2D eigenvalue weighted by Crippen LogP contribution is -2.55. The van der Waals surface area contributed by atoms with Gasteiger partial charge in [-0.25, -0.2) is 0 Å². The summed E-state index contributed by atoms with van der Waals surface area (Å²) >= 11 is 6.40. The van der Waals surface area contributed by atoms with Crippen molar-refractivity contribution >= 4 is 17.5 Å². The summed E-state index contributed by atoms with van der Waals surface area (Å²) in [6.07, 6.45) is 13.7. The van der Waals surface area contributed by atoms with Crippen molar-refractivity contribution in [3.05, 3.63) is 0 Å². The highest BCUT2D eigenvalue weighted by Gasteiger charge is 2.42. The number of nitrogens with zero attached hydrogens (tertiary/aromatic N) is 1. The van der Waals surface area contributed by atoms with Gasteiger partial charge in [0.05, 0.1) is 12.0 Å². The van der Waals surface area contributed by atoms with Crippen molar-refractivity contribution in [2.75, 3.05) is 26.2 Å². The fraction of sp³-hybridized carbons (Fsp3) is 0.968. The summed E-state index contributed by atoms with van der Waals surface area (Å²) in [7, 11) is 0. The zero-order valence-electron chi connectivity index (χ0n) is 24.4. The number of nitrogens with one attached hydrogen (secondary N) is 2. The number of carbonyl (C=O) groups excluding carboxylic acids is 1. The van der Waals surface area contributed by atoms with Gasteiger partial charge in [0, 0.05) is 31.1 Å². The number of amides is 1. The van der Waals surface area contributed by atoms with Crippen LogP contribution in [0.3, 0.4) is 0 Å². The molecule has 4 rings (SSSR count). The molecule has 2 N–H and O–H groups in total. The molecule has 5 nitrogen and oxygen atoms in total. The normalized spacial score (nSPS) is 38.3. The molecule has 2 heterocycles. The van der Waals surface area contributed by atoms with Gasteiger partial charge in [0.25, 0.3) is 0 Å². The van der Waals surface area contributed by atoms with Crippen molar-refractivity contribution in [3.63, 3.8) is 0 Å². The molecular formula is C31H56ClN3O2. The Morgan fingerprint density at radius 1 is 1.05 bits per heavy atom. The summed E-state index contributed by atoms with van der Waals surface area (Å²) in [6, 6.07) is 0.198. The Kier molecular flexibility index (Phi) is 10.7. The fourth-order valence-electron chi connectivity index (χ4n) is 7.86. The van der Waals surface area contributed by atoms with Crippen LogP contribution in [0.15, 0.2) is 0 Å². The Bertz CT molecular complexity index is 715. The van der Waals surface area contributed by atoms with Crippen molar-refractivity contribution in [1.29, 1.82) is 0 Å². The third-order valence-electron chi connectivity index (χ3n) is 10.4. The number of carbonyl (C=O) groups is 1. The number of halogens is 1. The van der Waals surface area contributed by atoms with E-state index < -0.39 is 0 Å². The molecule has 1 amide bonds. The summed E-state index contributed by atoms with van der Waals surface area (Å²) < 4.78 is 6.41. The standard InChI is InChI=1S/C31H56ClN3O2/c1-21(2)27(19-35-17-16-26(31(4,5)20-35)23-10-13-25(32)14-11-23)34-30(36)24-12-15-29(33-18-24)37-28-9-7-6-8-22(28)3/h21-29,33H,6-20H2,1-5H3,(H,34,36)/t22?,23?,24?,25?,26?,27-,28?,29?/m0/s1. The Balaban J connectivity index is 1.23. The Morgan fingerprint density at radius 2 is 1.78 bits per heavy atom. The third-order valence-corrected chi connectivity index (χ3v) is 10.8. The largest absolute Gasteiger partial charge is 0.360 e. The maximum Gasteiger partial charge on any atom is 0.224 e. The van der Waals surface area contributed by atoms with Crippen molar-refractivity contribution in [1.82, 2.24) is 15.5 Å². The quantitative estimate of drug-likeness (QED) is 0.362.